The molecule has 4 rings (SSSR count). The van der Waals surface area contributed by atoms with Crippen LogP contribution in [0, 0.1) is 0 Å². The molecule has 1 aliphatic carbocycles. The minimum Gasteiger partial charge on any atom is -0.479 e. The third-order valence-electron chi connectivity index (χ3n) is 6.71. The summed E-state index contributed by atoms with van der Waals surface area (Å²) in [6.07, 6.45) is 6.42. The molecule has 38 heavy (non-hydrogen) atoms. The Kier molecular flexibility index (Phi) is 11.7. The molecule has 0 radical (unpaired) electrons. The van der Waals surface area contributed by atoms with Gasteiger partial charge in [0.2, 0.25) is 0 Å². The van der Waals surface area contributed by atoms with Crippen LogP contribution in [0.2, 0.25) is 5.02 Å². The molecule has 1 unspecified atom stereocenters. The van der Waals surface area contributed by atoms with Crippen LogP contribution in [0.3, 0.4) is 0 Å². The van der Waals surface area contributed by atoms with Gasteiger partial charge in [-0.1, -0.05) is 36.9 Å². The van der Waals surface area contributed by atoms with Crippen molar-refractivity contribution in [1.82, 2.24) is 10.3 Å². The minimum absolute atomic E-state index is 0.119. The van der Waals surface area contributed by atoms with E-state index in [0.717, 1.165) is 47.6 Å². The van der Waals surface area contributed by atoms with E-state index in [4.69, 9.17) is 37.0 Å². The first kappa shape index (κ1) is 30.2. The Morgan fingerprint density at radius 1 is 1.03 bits per heavy atom. The average molecular weight is 566 g/mol. The molecule has 0 amide bonds. The number of nitrogens with one attached hydrogen (secondary N) is 2. The first-order chi connectivity index (χ1) is 18.2. The van der Waals surface area contributed by atoms with Crippen LogP contribution in [0.1, 0.15) is 61.9 Å². The molecule has 2 aromatic rings. The number of thioether (sulfide) groups is 1. The molecule has 208 valence electrons. The fourth-order valence-electron chi connectivity index (χ4n) is 4.55. The summed E-state index contributed by atoms with van der Waals surface area (Å²) >= 11 is 8.57. The topological polar surface area (TPSA) is 152 Å². The molecule has 1 aliphatic heterocycles. The molecule has 0 spiro atoms. The Labute approximate surface area is 232 Å². The van der Waals surface area contributed by atoms with Crippen LogP contribution < -0.4 is 10.6 Å². The van der Waals surface area contributed by atoms with Crippen LogP contribution in [0.15, 0.2) is 35.4 Å². The van der Waals surface area contributed by atoms with E-state index >= 15 is 0 Å². The Hall–Kier alpha value is -2.37. The lowest BCUT2D eigenvalue weighted by Gasteiger charge is -2.22. The van der Waals surface area contributed by atoms with Gasteiger partial charge in [-0.2, -0.15) is 0 Å². The molecule has 1 aromatic carbocycles. The first-order valence-corrected chi connectivity index (χ1v) is 14.1. The van der Waals surface area contributed by atoms with Crippen LogP contribution in [0.4, 0.5) is 5.69 Å². The maximum atomic E-state index is 9.77. The maximum Gasteiger partial charge on any atom is 0.335 e. The molecule has 11 heteroatoms. The van der Waals surface area contributed by atoms with Crippen molar-refractivity contribution < 1.29 is 30.0 Å². The highest BCUT2D eigenvalue weighted by atomic mass is 35.5. The van der Waals surface area contributed by atoms with Gasteiger partial charge in [-0.3, -0.25) is 4.98 Å². The van der Waals surface area contributed by atoms with Gasteiger partial charge in [0.05, 0.1) is 22.4 Å². The lowest BCUT2D eigenvalue weighted by Crippen LogP contribution is -2.39. The highest BCUT2D eigenvalue weighted by molar-refractivity contribution is 8.00. The van der Waals surface area contributed by atoms with Crippen molar-refractivity contribution in [2.24, 2.45) is 0 Å². The number of pyridine rings is 1. The number of carboxylic acid groups (broad SMARTS) is 2. The zero-order valence-electron chi connectivity index (χ0n) is 21.4. The molecule has 1 saturated carbocycles. The Morgan fingerprint density at radius 3 is 2.29 bits per heavy atom. The van der Waals surface area contributed by atoms with E-state index in [-0.39, 0.29) is 6.04 Å². The van der Waals surface area contributed by atoms with Crippen molar-refractivity contribution >= 4 is 41.0 Å². The van der Waals surface area contributed by atoms with Gasteiger partial charge >= 0.3 is 11.9 Å². The zero-order valence-corrected chi connectivity index (χ0v) is 23.0. The number of hydrogen-bond acceptors (Lipinski definition) is 8. The first-order valence-electron chi connectivity index (χ1n) is 12.9. The Bertz CT molecular complexity index is 1060. The Morgan fingerprint density at radius 2 is 1.68 bits per heavy atom. The molecule has 3 atom stereocenters. The number of rotatable bonds is 8. The second-order valence-corrected chi connectivity index (χ2v) is 11.3. The quantitative estimate of drug-likeness (QED) is 0.278. The number of nitrogens with zero attached hydrogens (tertiary/aromatic N) is 1. The SMILES string of the molecule is CC(Nc1c(Cl)ccc2c1CCNCC2)c1ccc(SC2CCCCC2)cn1.O=C(O)[C@H](O)[C@@H](O)C(=O)O. The Balaban J connectivity index is 0.000000342. The number of aliphatic hydroxyl groups is 2. The standard InChI is InChI=1S/C23H30ClN3S.C4H6O6/c1-16(22-10-8-19(15-26-22)28-18-5-3-2-4-6-18)27-23-20-12-14-25-13-11-17(20)7-9-21(23)24;5-1(3(7)8)2(6)4(9)10/h7-10,15-16,18,25,27H,2-6,11-14H2,1H3;1-2,5-6H,(H,7,8)(H,9,10)/t;1-,2-/m.1/s1. The number of fused-ring (bicyclic) bond motifs is 1. The molecule has 9 nitrogen and oxygen atoms in total. The molecule has 2 heterocycles. The van der Waals surface area contributed by atoms with E-state index in [1.54, 1.807) is 0 Å². The van der Waals surface area contributed by atoms with Crippen LogP contribution >= 0.6 is 23.4 Å². The van der Waals surface area contributed by atoms with Crippen molar-refractivity contribution in [3.8, 4) is 0 Å². The van der Waals surface area contributed by atoms with E-state index in [0.29, 0.717) is 0 Å². The summed E-state index contributed by atoms with van der Waals surface area (Å²) in [4.78, 5) is 25.6. The highest BCUT2D eigenvalue weighted by Gasteiger charge is 2.29. The van der Waals surface area contributed by atoms with Crippen molar-refractivity contribution in [3.63, 3.8) is 0 Å². The number of carbonyl (C=O) groups is 2. The lowest BCUT2D eigenvalue weighted by molar-refractivity contribution is -0.165. The summed E-state index contributed by atoms with van der Waals surface area (Å²) in [5.74, 6) is -3.54. The fraction of sp³-hybridized carbons (Fsp3) is 0.519. The summed E-state index contributed by atoms with van der Waals surface area (Å²) in [7, 11) is 0. The molecular formula is C27H36ClN3O6S. The molecule has 0 bridgehead atoms. The van der Waals surface area contributed by atoms with Gasteiger partial charge in [0.25, 0.3) is 0 Å². The smallest absolute Gasteiger partial charge is 0.335 e. The van der Waals surface area contributed by atoms with Gasteiger partial charge in [-0.25, -0.2) is 9.59 Å². The summed E-state index contributed by atoms with van der Waals surface area (Å²) in [6.45, 7) is 4.20. The number of carboxylic acids is 2. The number of aliphatic hydroxyl groups excluding tert-OH is 2. The van der Waals surface area contributed by atoms with Gasteiger partial charge in [0, 0.05) is 16.3 Å². The van der Waals surface area contributed by atoms with Crippen molar-refractivity contribution in [3.05, 3.63) is 52.3 Å². The van der Waals surface area contributed by atoms with Gasteiger partial charge in [0.15, 0.2) is 12.2 Å². The van der Waals surface area contributed by atoms with Crippen molar-refractivity contribution in [2.45, 2.75) is 80.3 Å². The summed E-state index contributed by atoms with van der Waals surface area (Å²) in [6, 6.07) is 8.72. The second-order valence-electron chi connectivity index (χ2n) is 9.54. The van der Waals surface area contributed by atoms with Crippen LogP contribution in [0.25, 0.3) is 0 Å². The largest absolute Gasteiger partial charge is 0.479 e. The molecule has 6 N–H and O–H groups in total. The number of aromatic nitrogens is 1. The van der Waals surface area contributed by atoms with Crippen LogP contribution in [0.5, 0.6) is 0 Å². The van der Waals surface area contributed by atoms with Gasteiger partial charge in [-0.05, 0) is 75.0 Å². The van der Waals surface area contributed by atoms with Crippen LogP contribution in [-0.2, 0) is 22.4 Å². The lowest BCUT2D eigenvalue weighted by atomic mass is 10.00. The number of anilines is 1. The molecule has 1 fully saturated rings. The van der Waals surface area contributed by atoms with Crippen molar-refractivity contribution in [1.29, 1.82) is 0 Å². The monoisotopic (exact) mass is 565 g/mol. The molecular weight excluding hydrogens is 530 g/mol. The van der Waals surface area contributed by atoms with Gasteiger partial charge < -0.3 is 31.1 Å². The van der Waals surface area contributed by atoms with E-state index in [1.807, 2.05) is 24.0 Å². The summed E-state index contributed by atoms with van der Waals surface area (Å²) in [5, 5.41) is 41.2. The molecule has 1 aromatic heterocycles. The van der Waals surface area contributed by atoms with Gasteiger partial charge in [-0.15, -0.1) is 11.8 Å². The second kappa shape index (κ2) is 14.7. The van der Waals surface area contributed by atoms with E-state index < -0.39 is 24.1 Å². The normalized spacial score (nSPS) is 18.1. The van der Waals surface area contributed by atoms with Gasteiger partial charge in [0.1, 0.15) is 0 Å². The van der Waals surface area contributed by atoms with E-state index in [1.165, 1.54) is 48.1 Å². The summed E-state index contributed by atoms with van der Waals surface area (Å²) < 4.78 is 0. The van der Waals surface area contributed by atoms with Crippen molar-refractivity contribution in [2.75, 3.05) is 18.4 Å². The average Bonchev–Trinajstić information content (AvgIpc) is 3.16. The fourth-order valence-corrected chi connectivity index (χ4v) is 6.00. The van der Waals surface area contributed by atoms with Crippen LogP contribution in [-0.4, -0.2) is 67.9 Å². The molecule has 2 aliphatic rings. The number of benzene rings is 1. The molecule has 0 saturated heterocycles. The minimum atomic E-state index is -2.27. The highest BCUT2D eigenvalue weighted by Crippen LogP contribution is 2.35. The predicted octanol–water partition coefficient (Wildman–Crippen LogP) is 3.90. The third-order valence-corrected chi connectivity index (χ3v) is 8.34. The zero-order chi connectivity index (χ0) is 27.7. The predicted molar refractivity (Wildman–Crippen MR) is 148 cm³/mol. The maximum absolute atomic E-state index is 9.77. The summed E-state index contributed by atoms with van der Waals surface area (Å²) in [5.41, 5.74) is 4.90. The number of aliphatic carboxylic acids is 2. The van der Waals surface area contributed by atoms with E-state index in [2.05, 4.69) is 35.8 Å². The number of hydrogen-bond donors (Lipinski definition) is 6. The van der Waals surface area contributed by atoms with E-state index in [9.17, 15) is 9.59 Å². The number of halogens is 1. The third kappa shape index (κ3) is 8.57.